The zero-order valence-electron chi connectivity index (χ0n) is 6.79. The van der Waals surface area contributed by atoms with Crippen molar-refractivity contribution in [2.75, 3.05) is 5.73 Å². The molecule has 2 N–H and O–H groups in total. The van der Waals surface area contributed by atoms with E-state index in [0.29, 0.717) is 12.2 Å². The van der Waals surface area contributed by atoms with E-state index >= 15 is 0 Å². The molecule has 0 unspecified atom stereocenters. The lowest BCUT2D eigenvalue weighted by Gasteiger charge is -2.12. The van der Waals surface area contributed by atoms with Crippen LogP contribution < -0.4 is 5.73 Å². The molecule has 2 heterocycles. The van der Waals surface area contributed by atoms with Crippen LogP contribution in [0.4, 0.5) is 5.69 Å². The van der Waals surface area contributed by atoms with Gasteiger partial charge >= 0.3 is 0 Å². The Morgan fingerprint density at radius 1 is 1.25 bits per heavy atom. The number of nitrogens with two attached hydrogens (primary N) is 1. The molecule has 2 aliphatic rings. The van der Waals surface area contributed by atoms with Crippen molar-refractivity contribution in [3.8, 4) is 0 Å². The van der Waals surface area contributed by atoms with Gasteiger partial charge in [-0.05, 0) is 24.5 Å². The predicted molar refractivity (Wildman–Crippen MR) is 46.7 cm³/mol. The Labute approximate surface area is 71.3 Å². The number of anilines is 1. The average molecular weight is 161 g/mol. The van der Waals surface area contributed by atoms with Crippen molar-refractivity contribution in [2.24, 2.45) is 0 Å². The molecule has 0 aromatic heterocycles. The summed E-state index contributed by atoms with van der Waals surface area (Å²) in [7, 11) is 0. The SMILES string of the molecule is Nc1cccc2c1[C@H]1CC[C@H]2O1. The first kappa shape index (κ1) is 6.49. The Kier molecular flexibility index (Phi) is 1.09. The smallest absolute Gasteiger partial charge is 0.0857 e. The van der Waals surface area contributed by atoms with Gasteiger partial charge in [0.15, 0.2) is 0 Å². The standard InChI is InChI=1S/C10H11NO/c11-7-3-1-2-6-8-4-5-9(12-8)10(6)7/h1-3,8-9H,4-5,11H2/t8-,9-/m1/s1. The molecular weight excluding hydrogens is 150 g/mol. The Hall–Kier alpha value is -1.02. The van der Waals surface area contributed by atoms with E-state index in [1.165, 1.54) is 17.5 Å². The number of ether oxygens (including phenoxy) is 1. The van der Waals surface area contributed by atoms with Crippen LogP contribution >= 0.6 is 0 Å². The summed E-state index contributed by atoms with van der Waals surface area (Å²) in [6, 6.07) is 6.11. The summed E-state index contributed by atoms with van der Waals surface area (Å²) in [5, 5.41) is 0. The van der Waals surface area contributed by atoms with Gasteiger partial charge in [0.05, 0.1) is 12.2 Å². The minimum absolute atomic E-state index is 0.297. The van der Waals surface area contributed by atoms with Crippen molar-refractivity contribution >= 4 is 5.69 Å². The van der Waals surface area contributed by atoms with Crippen LogP contribution in [0.25, 0.3) is 0 Å². The summed E-state index contributed by atoms with van der Waals surface area (Å²) in [5.41, 5.74) is 9.36. The highest BCUT2D eigenvalue weighted by molar-refractivity contribution is 5.55. The van der Waals surface area contributed by atoms with E-state index in [1.54, 1.807) is 0 Å². The fourth-order valence-electron chi connectivity index (χ4n) is 2.33. The van der Waals surface area contributed by atoms with E-state index in [0.717, 1.165) is 12.1 Å². The minimum Gasteiger partial charge on any atom is -0.398 e. The van der Waals surface area contributed by atoms with Gasteiger partial charge in [-0.3, -0.25) is 0 Å². The predicted octanol–water partition coefficient (Wildman–Crippen LogP) is 2.17. The molecule has 12 heavy (non-hydrogen) atoms. The van der Waals surface area contributed by atoms with Gasteiger partial charge in [0, 0.05) is 11.3 Å². The molecule has 2 bridgehead atoms. The summed E-state index contributed by atoms with van der Waals surface area (Å²) < 4.78 is 5.74. The number of rotatable bonds is 0. The lowest BCUT2D eigenvalue weighted by molar-refractivity contribution is 0.0719. The molecule has 2 atom stereocenters. The Morgan fingerprint density at radius 3 is 2.92 bits per heavy atom. The molecule has 1 fully saturated rings. The largest absolute Gasteiger partial charge is 0.398 e. The van der Waals surface area contributed by atoms with Crippen molar-refractivity contribution < 1.29 is 4.74 Å². The fourth-order valence-corrected chi connectivity index (χ4v) is 2.33. The van der Waals surface area contributed by atoms with E-state index in [2.05, 4.69) is 6.07 Å². The number of benzene rings is 1. The molecule has 0 saturated carbocycles. The number of fused-ring (bicyclic) bond motifs is 5. The maximum atomic E-state index is 5.88. The van der Waals surface area contributed by atoms with Crippen LogP contribution in [0, 0.1) is 0 Å². The Morgan fingerprint density at radius 2 is 2.08 bits per heavy atom. The topological polar surface area (TPSA) is 35.2 Å². The third kappa shape index (κ3) is 0.636. The molecule has 0 amide bonds. The Balaban J connectivity index is 2.26. The van der Waals surface area contributed by atoms with Gasteiger partial charge in [-0.2, -0.15) is 0 Å². The first-order valence-corrected chi connectivity index (χ1v) is 4.40. The molecule has 62 valence electrons. The highest BCUT2D eigenvalue weighted by Crippen LogP contribution is 2.52. The van der Waals surface area contributed by atoms with Crippen molar-refractivity contribution in [2.45, 2.75) is 25.0 Å². The molecule has 2 heteroatoms. The molecule has 2 aliphatic heterocycles. The fraction of sp³-hybridized carbons (Fsp3) is 0.400. The van der Waals surface area contributed by atoms with Crippen molar-refractivity contribution in [1.82, 2.24) is 0 Å². The molecule has 1 saturated heterocycles. The maximum Gasteiger partial charge on any atom is 0.0857 e. The van der Waals surface area contributed by atoms with Crippen LogP contribution in [0.5, 0.6) is 0 Å². The lowest BCUT2D eigenvalue weighted by Crippen LogP contribution is -2.01. The van der Waals surface area contributed by atoms with Crippen LogP contribution in [-0.2, 0) is 4.74 Å². The van der Waals surface area contributed by atoms with Crippen LogP contribution in [0.3, 0.4) is 0 Å². The molecule has 0 aliphatic carbocycles. The first-order valence-electron chi connectivity index (χ1n) is 4.40. The number of nitrogen functional groups attached to an aromatic ring is 1. The van der Waals surface area contributed by atoms with Gasteiger partial charge in [0.25, 0.3) is 0 Å². The normalized spacial score (nSPS) is 30.7. The molecule has 1 aromatic rings. The summed E-state index contributed by atoms with van der Waals surface area (Å²) in [5.74, 6) is 0. The van der Waals surface area contributed by atoms with Gasteiger partial charge in [0.1, 0.15) is 0 Å². The second-order valence-corrected chi connectivity index (χ2v) is 3.54. The molecule has 1 aromatic carbocycles. The highest BCUT2D eigenvalue weighted by Gasteiger charge is 2.38. The average Bonchev–Trinajstić information content (AvgIpc) is 2.64. The molecular formula is C10H11NO. The number of hydrogen-bond acceptors (Lipinski definition) is 2. The minimum atomic E-state index is 0.297. The molecule has 0 radical (unpaired) electrons. The number of hydrogen-bond donors (Lipinski definition) is 1. The van der Waals surface area contributed by atoms with Gasteiger partial charge < -0.3 is 10.5 Å². The summed E-state index contributed by atoms with van der Waals surface area (Å²) >= 11 is 0. The molecule has 3 rings (SSSR count). The quantitative estimate of drug-likeness (QED) is 0.592. The third-order valence-electron chi connectivity index (χ3n) is 2.86. The summed E-state index contributed by atoms with van der Waals surface area (Å²) in [6.07, 6.45) is 2.95. The third-order valence-corrected chi connectivity index (χ3v) is 2.86. The molecule has 2 nitrogen and oxygen atoms in total. The highest BCUT2D eigenvalue weighted by atomic mass is 16.5. The van der Waals surface area contributed by atoms with Gasteiger partial charge in [-0.25, -0.2) is 0 Å². The van der Waals surface area contributed by atoms with Gasteiger partial charge in [0.2, 0.25) is 0 Å². The molecule has 0 spiro atoms. The van der Waals surface area contributed by atoms with Gasteiger partial charge in [-0.1, -0.05) is 12.1 Å². The van der Waals surface area contributed by atoms with Crippen LogP contribution in [0.1, 0.15) is 36.2 Å². The summed E-state index contributed by atoms with van der Waals surface area (Å²) in [4.78, 5) is 0. The maximum absolute atomic E-state index is 5.88. The van der Waals surface area contributed by atoms with E-state index < -0.39 is 0 Å². The summed E-state index contributed by atoms with van der Waals surface area (Å²) in [6.45, 7) is 0. The Bertz CT molecular complexity index is 335. The lowest BCUT2D eigenvalue weighted by atomic mass is 9.91. The van der Waals surface area contributed by atoms with Gasteiger partial charge in [-0.15, -0.1) is 0 Å². The van der Waals surface area contributed by atoms with E-state index in [1.807, 2.05) is 12.1 Å². The van der Waals surface area contributed by atoms with Crippen LogP contribution in [0.15, 0.2) is 18.2 Å². The van der Waals surface area contributed by atoms with E-state index in [-0.39, 0.29) is 0 Å². The van der Waals surface area contributed by atoms with Crippen LogP contribution in [0.2, 0.25) is 0 Å². The zero-order valence-corrected chi connectivity index (χ0v) is 6.79. The monoisotopic (exact) mass is 161 g/mol. The van der Waals surface area contributed by atoms with Crippen molar-refractivity contribution in [3.63, 3.8) is 0 Å². The zero-order chi connectivity index (χ0) is 8.13. The van der Waals surface area contributed by atoms with Crippen molar-refractivity contribution in [3.05, 3.63) is 29.3 Å². The first-order chi connectivity index (χ1) is 5.86. The van der Waals surface area contributed by atoms with E-state index in [9.17, 15) is 0 Å². The van der Waals surface area contributed by atoms with E-state index in [4.69, 9.17) is 10.5 Å². The second kappa shape index (κ2) is 2.02. The second-order valence-electron chi connectivity index (χ2n) is 3.54. The van der Waals surface area contributed by atoms with Crippen molar-refractivity contribution in [1.29, 1.82) is 0 Å². The van der Waals surface area contributed by atoms with Crippen LogP contribution in [-0.4, -0.2) is 0 Å².